The minimum Gasteiger partial charge on any atom is -0.394 e. The molecule has 4 nitrogen and oxygen atoms in total. The quantitative estimate of drug-likeness (QED) is 0.712. The summed E-state index contributed by atoms with van der Waals surface area (Å²) in [5.74, 6) is 0.565. The molecule has 0 aromatic carbocycles. The number of rotatable bonds is 5. The van der Waals surface area contributed by atoms with E-state index < -0.39 is 0 Å². The fourth-order valence-electron chi connectivity index (χ4n) is 3.69. The molecular weight excluding hydrogens is 240 g/mol. The van der Waals surface area contributed by atoms with Crippen LogP contribution >= 0.6 is 0 Å². The monoisotopic (exact) mass is 270 g/mol. The van der Waals surface area contributed by atoms with Crippen molar-refractivity contribution < 1.29 is 9.90 Å². The highest BCUT2D eigenvalue weighted by Crippen LogP contribution is 2.43. The zero-order chi connectivity index (χ0) is 14.7. The van der Waals surface area contributed by atoms with Crippen LogP contribution in [0.4, 0.5) is 0 Å². The average molecular weight is 270 g/mol. The van der Waals surface area contributed by atoms with E-state index >= 15 is 0 Å². The first-order chi connectivity index (χ1) is 8.68. The summed E-state index contributed by atoms with van der Waals surface area (Å²) in [4.78, 5) is 11.7. The van der Waals surface area contributed by atoms with Crippen molar-refractivity contribution >= 4 is 5.91 Å². The summed E-state index contributed by atoms with van der Waals surface area (Å²) in [7, 11) is 0. The molecule has 1 rings (SSSR count). The van der Waals surface area contributed by atoms with Crippen molar-refractivity contribution in [3.8, 4) is 0 Å². The zero-order valence-electron chi connectivity index (χ0n) is 13.0. The number of carbonyl (C=O) groups is 1. The van der Waals surface area contributed by atoms with Gasteiger partial charge in [0, 0.05) is 11.6 Å². The summed E-state index contributed by atoms with van der Waals surface area (Å²) in [6.07, 6.45) is 3.02. The molecule has 1 aliphatic rings. The summed E-state index contributed by atoms with van der Waals surface area (Å²) in [5.41, 5.74) is -0.0998. The maximum Gasteiger partial charge on any atom is 0.234 e. The molecule has 4 heteroatoms. The highest BCUT2D eigenvalue weighted by Gasteiger charge is 2.42. The van der Waals surface area contributed by atoms with Gasteiger partial charge >= 0.3 is 0 Å². The van der Waals surface area contributed by atoms with Crippen LogP contribution in [-0.4, -0.2) is 35.7 Å². The molecule has 0 heterocycles. The number of hydrogen-bond donors (Lipinski definition) is 3. The van der Waals surface area contributed by atoms with Crippen LogP contribution in [0.3, 0.4) is 0 Å². The summed E-state index contributed by atoms with van der Waals surface area (Å²) >= 11 is 0. The van der Waals surface area contributed by atoms with E-state index in [0.717, 1.165) is 12.8 Å². The topological polar surface area (TPSA) is 61.4 Å². The van der Waals surface area contributed by atoms with Crippen LogP contribution in [-0.2, 0) is 4.79 Å². The summed E-state index contributed by atoms with van der Waals surface area (Å²) in [6, 6.07) is 0.154. The van der Waals surface area contributed by atoms with Gasteiger partial charge in [-0.3, -0.25) is 4.79 Å². The van der Waals surface area contributed by atoms with Crippen LogP contribution in [0.25, 0.3) is 0 Å². The summed E-state index contributed by atoms with van der Waals surface area (Å²) in [6.45, 7) is 11.0. The van der Waals surface area contributed by atoms with Crippen LogP contribution in [0.5, 0.6) is 0 Å². The molecule has 2 atom stereocenters. The molecule has 0 bridgehead atoms. The van der Waals surface area contributed by atoms with Gasteiger partial charge in [0.1, 0.15) is 0 Å². The number of amides is 1. The Morgan fingerprint density at radius 1 is 1.37 bits per heavy atom. The molecule has 112 valence electrons. The molecule has 0 spiro atoms. The summed E-state index contributed by atoms with van der Waals surface area (Å²) < 4.78 is 0. The van der Waals surface area contributed by atoms with E-state index in [-0.39, 0.29) is 36.1 Å². The molecule has 1 amide bonds. The molecule has 0 unspecified atom stereocenters. The van der Waals surface area contributed by atoms with E-state index in [0.29, 0.717) is 5.92 Å². The van der Waals surface area contributed by atoms with Crippen molar-refractivity contribution in [3.63, 3.8) is 0 Å². The van der Waals surface area contributed by atoms with Gasteiger partial charge in [-0.2, -0.15) is 0 Å². The molecule has 0 saturated heterocycles. The number of aliphatic hydroxyl groups is 1. The van der Waals surface area contributed by atoms with Gasteiger partial charge in [-0.25, -0.2) is 0 Å². The predicted molar refractivity (Wildman–Crippen MR) is 77.9 cm³/mol. The molecule has 3 N–H and O–H groups in total. The second-order valence-electron chi connectivity index (χ2n) is 7.37. The van der Waals surface area contributed by atoms with Gasteiger partial charge in [-0.1, -0.05) is 20.8 Å². The van der Waals surface area contributed by atoms with Crippen molar-refractivity contribution in [3.05, 3.63) is 0 Å². The van der Waals surface area contributed by atoms with E-state index in [4.69, 9.17) is 0 Å². The molecule has 0 radical (unpaired) electrons. The third kappa shape index (κ3) is 5.11. The number of aliphatic hydroxyl groups excluding tert-OH is 1. The van der Waals surface area contributed by atoms with E-state index in [1.54, 1.807) is 0 Å². The minimum absolute atomic E-state index is 0.00106. The number of nitrogens with one attached hydrogen (secondary N) is 2. The van der Waals surface area contributed by atoms with Crippen molar-refractivity contribution in [1.82, 2.24) is 10.6 Å². The van der Waals surface area contributed by atoms with Crippen molar-refractivity contribution in [1.29, 1.82) is 0 Å². The normalized spacial score (nSPS) is 30.4. The highest BCUT2D eigenvalue weighted by atomic mass is 16.3. The smallest absolute Gasteiger partial charge is 0.234 e. The maximum absolute atomic E-state index is 11.7. The third-order valence-electron chi connectivity index (χ3n) is 3.83. The van der Waals surface area contributed by atoms with Gasteiger partial charge in [-0.05, 0) is 44.4 Å². The molecule has 1 fully saturated rings. The lowest BCUT2D eigenvalue weighted by atomic mass is 9.64. The van der Waals surface area contributed by atoms with Crippen LogP contribution < -0.4 is 10.6 Å². The van der Waals surface area contributed by atoms with Crippen LogP contribution in [0.1, 0.15) is 53.9 Å². The molecule has 0 aliphatic heterocycles. The van der Waals surface area contributed by atoms with Crippen molar-refractivity contribution in [2.24, 2.45) is 11.3 Å². The van der Waals surface area contributed by atoms with Gasteiger partial charge in [-0.15, -0.1) is 0 Å². The van der Waals surface area contributed by atoms with Crippen LogP contribution in [0, 0.1) is 11.3 Å². The molecular formula is C15H30N2O2. The Bertz CT molecular complexity index is 315. The van der Waals surface area contributed by atoms with Gasteiger partial charge in [0.2, 0.25) is 5.91 Å². The van der Waals surface area contributed by atoms with Crippen molar-refractivity contribution in [2.75, 3.05) is 13.2 Å². The lowest BCUT2D eigenvalue weighted by Gasteiger charge is -2.47. The fourth-order valence-corrected chi connectivity index (χ4v) is 3.69. The van der Waals surface area contributed by atoms with Gasteiger partial charge < -0.3 is 15.7 Å². The zero-order valence-corrected chi connectivity index (χ0v) is 13.0. The Balaban J connectivity index is 2.62. The molecule has 0 aromatic heterocycles. The number of hydrogen-bond acceptors (Lipinski definition) is 3. The second-order valence-corrected chi connectivity index (χ2v) is 7.37. The average Bonchev–Trinajstić information content (AvgIpc) is 2.23. The largest absolute Gasteiger partial charge is 0.394 e. The predicted octanol–water partition coefficient (Wildman–Crippen LogP) is 1.68. The van der Waals surface area contributed by atoms with Gasteiger partial charge in [0.05, 0.1) is 13.2 Å². The summed E-state index contributed by atoms with van der Waals surface area (Å²) in [5, 5.41) is 16.0. The Hall–Kier alpha value is -0.610. The molecule has 19 heavy (non-hydrogen) atoms. The fraction of sp³-hybridized carbons (Fsp3) is 0.933. The SMILES string of the molecule is CC(C)NC(=O)CN[C@@]1(CO)C[C@@H](C)CC(C)(C)C1. The standard InChI is InChI=1S/C15H30N2O2/c1-11(2)17-13(19)8-16-15(10-18)7-12(3)6-14(4,5)9-15/h11-12,16,18H,6-10H2,1-5H3,(H,17,19)/t12-,15-/m0/s1. The maximum atomic E-state index is 11.7. The molecule has 1 saturated carbocycles. The Labute approximate surface area is 117 Å². The molecule has 1 aliphatic carbocycles. The van der Waals surface area contributed by atoms with E-state index in [9.17, 15) is 9.90 Å². The van der Waals surface area contributed by atoms with Crippen LogP contribution in [0.15, 0.2) is 0 Å². The first-order valence-electron chi connectivity index (χ1n) is 7.33. The van der Waals surface area contributed by atoms with Gasteiger partial charge in [0.25, 0.3) is 0 Å². The minimum atomic E-state index is -0.310. The Morgan fingerprint density at radius 3 is 2.47 bits per heavy atom. The second kappa shape index (κ2) is 6.23. The first kappa shape index (κ1) is 16.4. The third-order valence-corrected chi connectivity index (χ3v) is 3.83. The van der Waals surface area contributed by atoms with Crippen LogP contribution in [0.2, 0.25) is 0 Å². The van der Waals surface area contributed by atoms with Crippen molar-refractivity contribution in [2.45, 2.75) is 65.5 Å². The first-order valence-corrected chi connectivity index (χ1v) is 7.33. The van der Waals surface area contributed by atoms with E-state index in [2.05, 4.69) is 31.4 Å². The lowest BCUT2D eigenvalue weighted by molar-refractivity contribution is -0.121. The Morgan fingerprint density at radius 2 is 2.00 bits per heavy atom. The Kier molecular flexibility index (Phi) is 5.39. The lowest BCUT2D eigenvalue weighted by Crippen LogP contribution is -2.57. The molecule has 0 aromatic rings. The van der Waals surface area contributed by atoms with Gasteiger partial charge in [0.15, 0.2) is 0 Å². The van der Waals surface area contributed by atoms with E-state index in [1.807, 2.05) is 13.8 Å². The number of carbonyl (C=O) groups excluding carboxylic acids is 1. The van der Waals surface area contributed by atoms with E-state index in [1.165, 1.54) is 6.42 Å². The highest BCUT2D eigenvalue weighted by molar-refractivity contribution is 5.78.